The minimum Gasteiger partial charge on any atom is -0.330 e. The monoisotopic (exact) mass is 311 g/mol. The first-order valence-corrected chi connectivity index (χ1v) is 7.24. The number of fused-ring (bicyclic) bond motifs is 3. The largest absolute Gasteiger partial charge is 0.330 e. The normalized spacial score (nSPS) is 16.3. The van der Waals surface area contributed by atoms with Crippen LogP contribution in [0.15, 0.2) is 30.3 Å². The number of rotatable bonds is 2. The summed E-state index contributed by atoms with van der Waals surface area (Å²) in [7, 11) is 0. The van der Waals surface area contributed by atoms with Gasteiger partial charge in [-0.15, -0.1) is 0 Å². The second-order valence-corrected chi connectivity index (χ2v) is 5.93. The van der Waals surface area contributed by atoms with Crippen LogP contribution in [-0.4, -0.2) is 6.54 Å². The zero-order valence-corrected chi connectivity index (χ0v) is 12.4. The molecule has 0 fully saturated rings. The Hall–Kier alpha value is -0.730. The van der Waals surface area contributed by atoms with Crippen molar-refractivity contribution in [1.82, 2.24) is 0 Å². The van der Waals surface area contributed by atoms with E-state index in [1.54, 1.807) is 6.07 Å². The van der Waals surface area contributed by atoms with Crippen LogP contribution in [0.5, 0.6) is 0 Å². The van der Waals surface area contributed by atoms with Crippen molar-refractivity contribution in [2.75, 3.05) is 6.54 Å². The Bertz CT molecular complexity index is 652. The van der Waals surface area contributed by atoms with Crippen LogP contribution in [0.2, 0.25) is 15.1 Å². The molecule has 0 amide bonds. The van der Waals surface area contributed by atoms with Gasteiger partial charge in [0.05, 0.1) is 0 Å². The lowest BCUT2D eigenvalue weighted by Crippen LogP contribution is -2.06. The molecule has 4 heteroatoms. The third-order valence-electron chi connectivity index (χ3n) is 3.59. The van der Waals surface area contributed by atoms with E-state index in [9.17, 15) is 0 Å². The summed E-state index contributed by atoms with van der Waals surface area (Å²) >= 11 is 18.8. The molecular weight excluding hydrogens is 301 g/mol. The highest BCUT2D eigenvalue weighted by Crippen LogP contribution is 2.52. The van der Waals surface area contributed by atoms with E-state index >= 15 is 0 Å². The summed E-state index contributed by atoms with van der Waals surface area (Å²) in [5.41, 5.74) is 10.1. The third kappa shape index (κ3) is 2.05. The zero-order chi connectivity index (χ0) is 13.6. The molecule has 0 spiro atoms. The predicted molar refractivity (Wildman–Crippen MR) is 82.4 cm³/mol. The van der Waals surface area contributed by atoms with Gasteiger partial charge in [-0.05, 0) is 47.9 Å². The van der Waals surface area contributed by atoms with Gasteiger partial charge in [0.2, 0.25) is 0 Å². The Labute approximate surface area is 127 Å². The molecule has 1 unspecified atom stereocenters. The minimum atomic E-state index is 0.207. The molecule has 0 bridgehead atoms. The van der Waals surface area contributed by atoms with Crippen molar-refractivity contribution >= 4 is 34.8 Å². The van der Waals surface area contributed by atoms with E-state index in [1.165, 1.54) is 5.56 Å². The van der Waals surface area contributed by atoms with Crippen LogP contribution < -0.4 is 5.73 Å². The average molecular weight is 313 g/mol. The number of hydrogen-bond acceptors (Lipinski definition) is 1. The Morgan fingerprint density at radius 3 is 2.58 bits per heavy atom. The van der Waals surface area contributed by atoms with Gasteiger partial charge in [0, 0.05) is 26.5 Å². The molecule has 0 heterocycles. The summed E-state index contributed by atoms with van der Waals surface area (Å²) in [6, 6.07) is 9.66. The van der Waals surface area contributed by atoms with E-state index in [1.807, 2.05) is 18.2 Å². The average Bonchev–Trinajstić information content (AvgIpc) is 2.66. The van der Waals surface area contributed by atoms with Gasteiger partial charge in [-0.3, -0.25) is 0 Å². The fraction of sp³-hybridized carbons (Fsp3) is 0.200. The highest BCUT2D eigenvalue weighted by molar-refractivity contribution is 6.37. The molecule has 0 aliphatic heterocycles. The van der Waals surface area contributed by atoms with Gasteiger partial charge in [-0.25, -0.2) is 0 Å². The number of benzene rings is 2. The molecule has 2 aromatic rings. The fourth-order valence-corrected chi connectivity index (χ4v) is 3.79. The van der Waals surface area contributed by atoms with Gasteiger partial charge in [-0.1, -0.05) is 46.9 Å². The van der Waals surface area contributed by atoms with Crippen molar-refractivity contribution in [1.29, 1.82) is 0 Å². The van der Waals surface area contributed by atoms with Gasteiger partial charge in [-0.2, -0.15) is 0 Å². The molecule has 1 aliphatic rings. The van der Waals surface area contributed by atoms with Gasteiger partial charge < -0.3 is 5.73 Å². The van der Waals surface area contributed by atoms with Crippen molar-refractivity contribution < 1.29 is 0 Å². The highest BCUT2D eigenvalue weighted by Gasteiger charge is 2.31. The maximum atomic E-state index is 6.38. The summed E-state index contributed by atoms with van der Waals surface area (Å²) in [6.45, 7) is 0.606. The molecule has 0 saturated carbocycles. The molecule has 98 valence electrons. The smallest absolute Gasteiger partial charge is 0.0487 e. The zero-order valence-electron chi connectivity index (χ0n) is 10.1. The van der Waals surface area contributed by atoms with Crippen molar-refractivity contribution in [2.45, 2.75) is 12.3 Å². The van der Waals surface area contributed by atoms with Gasteiger partial charge in [0.15, 0.2) is 0 Å². The molecule has 1 atom stereocenters. The van der Waals surface area contributed by atoms with Crippen LogP contribution in [0.1, 0.15) is 23.5 Å². The van der Waals surface area contributed by atoms with Crippen LogP contribution in [0.25, 0.3) is 11.1 Å². The Kier molecular flexibility index (Phi) is 3.48. The quantitative estimate of drug-likeness (QED) is 0.819. The van der Waals surface area contributed by atoms with Gasteiger partial charge >= 0.3 is 0 Å². The SMILES string of the molecule is NCCC1c2cccc(Cl)c2-c2cc(Cl)cc(Cl)c21. The third-order valence-corrected chi connectivity index (χ3v) is 4.43. The molecule has 2 N–H and O–H groups in total. The van der Waals surface area contributed by atoms with E-state index in [0.717, 1.165) is 28.1 Å². The molecule has 2 aromatic carbocycles. The maximum absolute atomic E-state index is 6.38. The molecular formula is C15H12Cl3N. The molecule has 3 rings (SSSR count). The topological polar surface area (TPSA) is 26.0 Å². The second kappa shape index (κ2) is 4.99. The van der Waals surface area contributed by atoms with Crippen molar-refractivity contribution in [3.8, 4) is 11.1 Å². The van der Waals surface area contributed by atoms with Crippen LogP contribution >= 0.6 is 34.8 Å². The number of nitrogens with two attached hydrogens (primary N) is 1. The summed E-state index contributed by atoms with van der Waals surface area (Å²) in [6.07, 6.45) is 0.849. The first kappa shape index (κ1) is 13.3. The van der Waals surface area contributed by atoms with Gasteiger partial charge in [0.25, 0.3) is 0 Å². The summed E-state index contributed by atoms with van der Waals surface area (Å²) in [5, 5.41) is 2.05. The lowest BCUT2D eigenvalue weighted by molar-refractivity contribution is 0.741. The van der Waals surface area contributed by atoms with E-state index in [2.05, 4.69) is 6.07 Å². The second-order valence-electron chi connectivity index (χ2n) is 4.68. The fourth-order valence-electron chi connectivity index (χ4n) is 2.88. The van der Waals surface area contributed by atoms with E-state index in [4.69, 9.17) is 40.5 Å². The lowest BCUT2D eigenvalue weighted by Gasteiger charge is -2.13. The molecule has 1 nitrogen and oxygen atoms in total. The number of halogens is 3. The van der Waals surface area contributed by atoms with E-state index < -0.39 is 0 Å². The van der Waals surface area contributed by atoms with Crippen molar-refractivity contribution in [3.63, 3.8) is 0 Å². The number of hydrogen-bond donors (Lipinski definition) is 1. The summed E-state index contributed by atoms with van der Waals surface area (Å²) in [5.74, 6) is 0.207. The van der Waals surface area contributed by atoms with E-state index in [0.29, 0.717) is 16.6 Å². The van der Waals surface area contributed by atoms with Crippen LogP contribution in [0.3, 0.4) is 0 Å². The highest BCUT2D eigenvalue weighted by atomic mass is 35.5. The maximum Gasteiger partial charge on any atom is 0.0487 e. The molecule has 0 saturated heterocycles. The summed E-state index contributed by atoms with van der Waals surface area (Å²) in [4.78, 5) is 0. The minimum absolute atomic E-state index is 0.207. The first-order valence-electron chi connectivity index (χ1n) is 6.11. The van der Waals surface area contributed by atoms with Crippen molar-refractivity contribution in [2.24, 2.45) is 5.73 Å². The Morgan fingerprint density at radius 2 is 1.84 bits per heavy atom. The van der Waals surface area contributed by atoms with E-state index in [-0.39, 0.29) is 5.92 Å². The Balaban J connectivity index is 2.33. The van der Waals surface area contributed by atoms with Crippen LogP contribution in [0, 0.1) is 0 Å². The van der Waals surface area contributed by atoms with Crippen LogP contribution in [-0.2, 0) is 0 Å². The van der Waals surface area contributed by atoms with Crippen molar-refractivity contribution in [3.05, 3.63) is 56.5 Å². The standard InChI is InChI=1S/C15H12Cl3N/c16-8-6-11-14-9(2-1-3-12(14)17)10(4-5-19)15(11)13(18)7-8/h1-3,6-7,10H,4-5,19H2. The molecule has 0 aromatic heterocycles. The molecule has 0 radical (unpaired) electrons. The first-order chi connectivity index (χ1) is 9.13. The summed E-state index contributed by atoms with van der Waals surface area (Å²) < 4.78 is 0. The molecule has 19 heavy (non-hydrogen) atoms. The predicted octanol–water partition coefficient (Wildman–Crippen LogP) is 5.11. The Morgan fingerprint density at radius 1 is 1.05 bits per heavy atom. The lowest BCUT2D eigenvalue weighted by atomic mass is 9.94. The van der Waals surface area contributed by atoms with Crippen LogP contribution in [0.4, 0.5) is 0 Å². The van der Waals surface area contributed by atoms with Gasteiger partial charge in [0.1, 0.15) is 0 Å². The molecule has 1 aliphatic carbocycles.